The largest absolute Gasteiger partial charge is 0.383 e. The van der Waals surface area contributed by atoms with Crippen molar-refractivity contribution in [3.05, 3.63) is 33.9 Å². The second kappa shape index (κ2) is 9.87. The van der Waals surface area contributed by atoms with Crippen LogP contribution in [0.2, 0.25) is 0 Å². The number of hydrazone groups is 1. The molecule has 25 heavy (non-hydrogen) atoms. The van der Waals surface area contributed by atoms with Crippen LogP contribution in [0.25, 0.3) is 0 Å². The lowest BCUT2D eigenvalue weighted by molar-refractivity contribution is -0.383. The molecular weight excluding hydrogens is 344 g/mol. The van der Waals surface area contributed by atoms with E-state index in [4.69, 9.17) is 17.0 Å². The minimum Gasteiger partial charge on any atom is -0.383 e. The average molecular weight is 366 g/mol. The van der Waals surface area contributed by atoms with Crippen LogP contribution in [0, 0.1) is 10.1 Å². The summed E-state index contributed by atoms with van der Waals surface area (Å²) in [6.07, 6.45) is 1.49. The summed E-state index contributed by atoms with van der Waals surface area (Å²) in [5, 5.41) is 21.3. The number of rotatable bonds is 7. The summed E-state index contributed by atoms with van der Waals surface area (Å²) >= 11 is 5.15. The van der Waals surface area contributed by atoms with Gasteiger partial charge in [-0.25, -0.2) is 0 Å². The zero-order valence-corrected chi connectivity index (χ0v) is 14.8. The van der Waals surface area contributed by atoms with Crippen molar-refractivity contribution in [2.75, 3.05) is 51.8 Å². The van der Waals surface area contributed by atoms with Gasteiger partial charge in [0.25, 0.3) is 5.69 Å². The van der Waals surface area contributed by atoms with E-state index in [-0.39, 0.29) is 5.69 Å². The molecule has 2 rings (SSSR count). The molecule has 1 aliphatic heterocycles. The van der Waals surface area contributed by atoms with Crippen LogP contribution in [0.15, 0.2) is 23.3 Å². The normalized spacial score (nSPS) is 15.1. The number of hydrogen-bond donors (Lipinski definition) is 3. The lowest BCUT2D eigenvalue weighted by atomic mass is 10.2. The SMILES string of the molecule is CNc1ccc(/C=N/NC(=S)NCCN2CCOCC2)cc1[N+](=O)[O-]. The smallest absolute Gasteiger partial charge is 0.292 e. The van der Waals surface area contributed by atoms with Crippen molar-refractivity contribution < 1.29 is 9.66 Å². The molecule has 0 radical (unpaired) electrons. The Hall–Kier alpha value is -2.30. The first-order valence-electron chi connectivity index (χ1n) is 7.93. The molecule has 0 aromatic heterocycles. The summed E-state index contributed by atoms with van der Waals surface area (Å²) in [7, 11) is 1.64. The molecule has 1 fully saturated rings. The van der Waals surface area contributed by atoms with Crippen molar-refractivity contribution in [1.82, 2.24) is 15.6 Å². The van der Waals surface area contributed by atoms with Gasteiger partial charge in [0.15, 0.2) is 5.11 Å². The van der Waals surface area contributed by atoms with Gasteiger partial charge >= 0.3 is 0 Å². The monoisotopic (exact) mass is 366 g/mol. The summed E-state index contributed by atoms with van der Waals surface area (Å²) < 4.78 is 5.29. The standard InChI is InChI=1S/C15H22N6O3S/c1-16-13-3-2-12(10-14(13)21(22)23)11-18-19-15(25)17-4-5-20-6-8-24-9-7-20/h2-3,10-11,16H,4-9H2,1H3,(H2,17,19,25)/b18-11+. The number of ether oxygens (including phenoxy) is 1. The van der Waals surface area contributed by atoms with Crippen molar-refractivity contribution in [1.29, 1.82) is 0 Å². The fourth-order valence-electron chi connectivity index (χ4n) is 2.35. The minimum absolute atomic E-state index is 0.00216. The molecular formula is C15H22N6O3S. The second-order valence-corrected chi connectivity index (χ2v) is 5.77. The van der Waals surface area contributed by atoms with E-state index in [9.17, 15) is 10.1 Å². The average Bonchev–Trinajstić information content (AvgIpc) is 2.62. The van der Waals surface area contributed by atoms with Crippen molar-refractivity contribution >= 4 is 34.9 Å². The molecule has 1 saturated heterocycles. The molecule has 0 saturated carbocycles. The molecule has 1 heterocycles. The van der Waals surface area contributed by atoms with Crippen molar-refractivity contribution in [3.63, 3.8) is 0 Å². The minimum atomic E-state index is -0.436. The van der Waals surface area contributed by atoms with Crippen molar-refractivity contribution in [2.24, 2.45) is 5.10 Å². The van der Waals surface area contributed by atoms with Crippen LogP contribution in [0.5, 0.6) is 0 Å². The molecule has 1 aromatic rings. The number of nitro benzene ring substituents is 1. The number of morpholine rings is 1. The molecule has 3 N–H and O–H groups in total. The Kier molecular flexibility index (Phi) is 7.51. The Morgan fingerprint density at radius 2 is 2.24 bits per heavy atom. The Bertz CT molecular complexity index is 634. The Morgan fingerprint density at radius 1 is 1.48 bits per heavy atom. The van der Waals surface area contributed by atoms with Gasteiger partial charge in [0.1, 0.15) is 5.69 Å². The summed E-state index contributed by atoms with van der Waals surface area (Å²) in [6, 6.07) is 4.82. The molecule has 9 nitrogen and oxygen atoms in total. The van der Waals surface area contributed by atoms with Crippen molar-refractivity contribution in [2.45, 2.75) is 0 Å². The first kappa shape index (κ1) is 19.0. The molecule has 136 valence electrons. The van der Waals surface area contributed by atoms with Gasteiger partial charge in [-0.1, -0.05) is 6.07 Å². The van der Waals surface area contributed by atoms with Crippen LogP contribution in [0.4, 0.5) is 11.4 Å². The first-order chi connectivity index (χ1) is 12.1. The van der Waals surface area contributed by atoms with Gasteiger partial charge in [0, 0.05) is 44.9 Å². The molecule has 0 atom stereocenters. The van der Waals surface area contributed by atoms with Crippen LogP contribution in [-0.2, 0) is 4.74 Å². The maximum atomic E-state index is 11.0. The fourth-order valence-corrected chi connectivity index (χ4v) is 2.50. The molecule has 10 heteroatoms. The first-order valence-corrected chi connectivity index (χ1v) is 8.34. The number of nitrogens with zero attached hydrogens (tertiary/aromatic N) is 3. The second-order valence-electron chi connectivity index (χ2n) is 5.36. The van der Waals surface area contributed by atoms with Crippen LogP contribution >= 0.6 is 12.2 Å². The van der Waals surface area contributed by atoms with Gasteiger partial charge in [-0.3, -0.25) is 20.4 Å². The molecule has 0 amide bonds. The van der Waals surface area contributed by atoms with E-state index >= 15 is 0 Å². The summed E-state index contributed by atoms with van der Waals surface area (Å²) in [5.41, 5.74) is 3.77. The van der Waals surface area contributed by atoms with Gasteiger partial charge in [0.2, 0.25) is 0 Å². The highest BCUT2D eigenvalue weighted by atomic mass is 32.1. The molecule has 0 bridgehead atoms. The lowest BCUT2D eigenvalue weighted by Gasteiger charge is -2.26. The maximum absolute atomic E-state index is 11.0. The van der Waals surface area contributed by atoms with Crippen molar-refractivity contribution in [3.8, 4) is 0 Å². The van der Waals surface area contributed by atoms with Gasteiger partial charge in [-0.2, -0.15) is 5.10 Å². The van der Waals surface area contributed by atoms with Gasteiger partial charge in [0.05, 0.1) is 24.4 Å². The molecule has 0 spiro atoms. The third-order valence-electron chi connectivity index (χ3n) is 3.68. The van der Waals surface area contributed by atoms with Crippen LogP contribution in [0.3, 0.4) is 0 Å². The third-order valence-corrected chi connectivity index (χ3v) is 3.92. The molecule has 1 aliphatic rings. The zero-order valence-electron chi connectivity index (χ0n) is 14.0. The number of nitro groups is 1. The third kappa shape index (κ3) is 6.25. The highest BCUT2D eigenvalue weighted by molar-refractivity contribution is 7.80. The van der Waals surface area contributed by atoms with E-state index in [1.165, 1.54) is 12.3 Å². The van der Waals surface area contributed by atoms with Gasteiger partial charge in [-0.15, -0.1) is 0 Å². The van der Waals surface area contributed by atoms with Crippen LogP contribution in [-0.4, -0.2) is 67.6 Å². The quantitative estimate of drug-likeness (QED) is 0.281. The number of benzene rings is 1. The molecule has 0 unspecified atom stereocenters. The number of thiocarbonyl (C=S) groups is 1. The van der Waals surface area contributed by atoms with Gasteiger partial charge < -0.3 is 15.4 Å². The number of hydrogen-bond acceptors (Lipinski definition) is 7. The van der Waals surface area contributed by atoms with E-state index in [1.807, 2.05) is 0 Å². The maximum Gasteiger partial charge on any atom is 0.292 e. The summed E-state index contributed by atoms with van der Waals surface area (Å²) in [5.74, 6) is 0. The predicted octanol–water partition coefficient (Wildman–Crippen LogP) is 0.767. The Labute approximate surface area is 151 Å². The summed E-state index contributed by atoms with van der Waals surface area (Å²) in [4.78, 5) is 12.9. The van der Waals surface area contributed by atoms with Gasteiger partial charge in [-0.05, 0) is 18.3 Å². The van der Waals surface area contributed by atoms with E-state index in [0.717, 1.165) is 32.8 Å². The Morgan fingerprint density at radius 3 is 2.92 bits per heavy atom. The lowest BCUT2D eigenvalue weighted by Crippen LogP contribution is -2.42. The van der Waals surface area contributed by atoms with E-state index in [0.29, 0.717) is 22.9 Å². The highest BCUT2D eigenvalue weighted by Crippen LogP contribution is 2.24. The summed E-state index contributed by atoms with van der Waals surface area (Å²) in [6.45, 7) is 5.00. The van der Waals surface area contributed by atoms with E-state index < -0.39 is 4.92 Å². The van der Waals surface area contributed by atoms with E-state index in [1.54, 1.807) is 19.2 Å². The Balaban J connectivity index is 1.76. The molecule has 0 aliphatic carbocycles. The zero-order chi connectivity index (χ0) is 18.1. The molecule has 1 aromatic carbocycles. The topological polar surface area (TPSA) is 104 Å². The number of anilines is 1. The van der Waals surface area contributed by atoms with Crippen LogP contribution < -0.4 is 16.1 Å². The highest BCUT2D eigenvalue weighted by Gasteiger charge is 2.12. The number of nitrogens with one attached hydrogen (secondary N) is 3. The van der Waals surface area contributed by atoms with Crippen LogP contribution in [0.1, 0.15) is 5.56 Å². The van der Waals surface area contributed by atoms with E-state index in [2.05, 4.69) is 26.1 Å². The predicted molar refractivity (Wildman–Crippen MR) is 101 cm³/mol. The fraction of sp³-hybridized carbons (Fsp3) is 0.467.